The van der Waals surface area contributed by atoms with E-state index in [1.54, 1.807) is 0 Å². The second kappa shape index (κ2) is 11.5. The number of hydrogen-bond acceptors (Lipinski definition) is 4. The Labute approximate surface area is 186 Å². The predicted octanol–water partition coefficient (Wildman–Crippen LogP) is 3.93. The third-order valence-corrected chi connectivity index (χ3v) is 7.39. The van der Waals surface area contributed by atoms with E-state index >= 15 is 0 Å². The fourth-order valence-electron chi connectivity index (χ4n) is 2.59. The average Bonchev–Trinajstić information content (AvgIpc) is 3.08. The molecule has 0 bridgehead atoms. The molecule has 140 valence electrons. The fourth-order valence-corrected chi connectivity index (χ4v) is 5.99. The second-order valence-corrected chi connectivity index (χ2v) is 9.87. The molecule has 0 aliphatic carbocycles. The van der Waals surface area contributed by atoms with E-state index in [4.69, 9.17) is 0 Å². The van der Waals surface area contributed by atoms with Crippen molar-refractivity contribution in [1.82, 2.24) is 10.2 Å². The summed E-state index contributed by atoms with van der Waals surface area (Å²) in [5, 5.41) is 12.5. The van der Waals surface area contributed by atoms with Crippen LogP contribution in [0.1, 0.15) is 5.01 Å². The summed E-state index contributed by atoms with van der Waals surface area (Å²) in [6, 6.07) is 32.5. The van der Waals surface area contributed by atoms with Gasteiger partial charge in [0, 0.05) is 5.01 Å². The standard InChI is InChI=1S/C18H15P.C3H4N2S2.Au/c1-4-10-16(11-5-1)19(17-12-6-2-7-13-17)18-14-8-3-9-15-18;1-2-4-5-3(6)7-2;/h1-15H;1H3,(H,5,6);/q;;+1. The molecule has 0 fully saturated rings. The minimum absolute atomic E-state index is 0. The second-order valence-electron chi connectivity index (χ2n) is 5.56. The first-order valence-electron chi connectivity index (χ1n) is 8.24. The van der Waals surface area contributed by atoms with Crippen molar-refractivity contribution in [3.63, 3.8) is 0 Å². The summed E-state index contributed by atoms with van der Waals surface area (Å²) in [4.78, 5) is 0. The van der Waals surface area contributed by atoms with Gasteiger partial charge in [-0.1, -0.05) is 54.6 Å². The summed E-state index contributed by atoms with van der Waals surface area (Å²) >= 11 is 6.11. The maximum Gasteiger partial charge on any atom is 1.00 e. The Kier molecular flexibility index (Phi) is 9.29. The predicted molar refractivity (Wildman–Crippen MR) is 117 cm³/mol. The largest absolute Gasteiger partial charge is 1.00 e. The molecule has 0 aliphatic heterocycles. The SMILES string of the molecule is Cc1nnc([S-])s1.[Au+].c1ccc([PH+](c2ccccc2)c2ccccc2)cc1. The Morgan fingerprint density at radius 3 is 1.26 bits per heavy atom. The minimum atomic E-state index is -0.877. The molecule has 0 radical (unpaired) electrons. The van der Waals surface area contributed by atoms with Gasteiger partial charge in [-0.05, 0) is 47.7 Å². The third-order valence-electron chi connectivity index (χ3n) is 3.69. The van der Waals surface area contributed by atoms with Crippen LogP contribution in [-0.4, -0.2) is 10.2 Å². The van der Waals surface area contributed by atoms with Crippen molar-refractivity contribution in [2.75, 3.05) is 0 Å². The maximum atomic E-state index is 4.68. The number of aryl methyl sites for hydroxylation is 1. The smallest absolute Gasteiger partial charge is 0.406 e. The molecule has 1 heterocycles. The number of hydrogen-bond donors (Lipinski definition) is 0. The van der Waals surface area contributed by atoms with Gasteiger partial charge >= 0.3 is 22.4 Å². The molecule has 3 aromatic carbocycles. The molecule has 4 rings (SSSR count). The van der Waals surface area contributed by atoms with Crippen molar-refractivity contribution < 1.29 is 22.4 Å². The van der Waals surface area contributed by atoms with Crippen LogP contribution in [0.25, 0.3) is 0 Å². The molecule has 0 atom stereocenters. The van der Waals surface area contributed by atoms with Crippen LogP contribution < -0.4 is 15.9 Å². The molecule has 0 saturated heterocycles. The molecule has 0 unspecified atom stereocenters. The zero-order chi connectivity index (χ0) is 18.2. The summed E-state index contributed by atoms with van der Waals surface area (Å²) in [5.74, 6) is 0. The number of rotatable bonds is 3. The van der Waals surface area contributed by atoms with Crippen LogP contribution in [0.15, 0.2) is 95.3 Å². The van der Waals surface area contributed by atoms with Crippen LogP contribution in [0, 0.1) is 6.92 Å². The Morgan fingerprint density at radius 1 is 0.667 bits per heavy atom. The van der Waals surface area contributed by atoms with Crippen molar-refractivity contribution in [2.45, 2.75) is 11.3 Å². The first-order chi connectivity index (χ1) is 12.7. The van der Waals surface area contributed by atoms with E-state index in [9.17, 15) is 0 Å². The monoisotopic (exact) mass is 591 g/mol. The summed E-state index contributed by atoms with van der Waals surface area (Å²) in [7, 11) is -0.877. The van der Waals surface area contributed by atoms with Crippen LogP contribution in [0.4, 0.5) is 0 Å². The molecule has 1 aromatic heterocycles. The number of nitrogens with zero attached hydrogens (tertiary/aromatic N) is 2. The van der Waals surface area contributed by atoms with Gasteiger partial charge < -0.3 is 24.0 Å². The molecule has 4 aromatic rings. The first-order valence-corrected chi connectivity index (χ1v) is 11.0. The zero-order valence-electron chi connectivity index (χ0n) is 14.7. The van der Waals surface area contributed by atoms with E-state index in [1.165, 1.54) is 27.3 Å². The summed E-state index contributed by atoms with van der Waals surface area (Å²) in [6.07, 6.45) is 0. The minimum Gasteiger partial charge on any atom is -0.406 e. The summed E-state index contributed by atoms with van der Waals surface area (Å²) in [6.45, 7) is 1.88. The molecule has 27 heavy (non-hydrogen) atoms. The normalized spacial score (nSPS) is 9.85. The van der Waals surface area contributed by atoms with Gasteiger partial charge in [0.1, 0.15) is 15.9 Å². The number of benzene rings is 3. The van der Waals surface area contributed by atoms with Gasteiger partial charge in [0.25, 0.3) is 0 Å². The maximum absolute atomic E-state index is 4.68. The molecule has 0 N–H and O–H groups in total. The van der Waals surface area contributed by atoms with Crippen LogP contribution in [-0.2, 0) is 35.0 Å². The van der Waals surface area contributed by atoms with E-state index in [0.29, 0.717) is 4.34 Å². The fraction of sp³-hybridized carbons (Fsp3) is 0.0476. The van der Waals surface area contributed by atoms with E-state index in [-0.39, 0.29) is 22.4 Å². The van der Waals surface area contributed by atoms with Gasteiger partial charge in [-0.3, -0.25) is 0 Å². The van der Waals surface area contributed by atoms with Crippen molar-refractivity contribution in [3.05, 3.63) is 96.0 Å². The molecule has 0 spiro atoms. The average molecular weight is 591 g/mol. The van der Waals surface area contributed by atoms with Crippen LogP contribution in [0.5, 0.6) is 0 Å². The van der Waals surface area contributed by atoms with Gasteiger partial charge in [0.05, 0.1) is 7.92 Å². The van der Waals surface area contributed by atoms with E-state index in [2.05, 4.69) is 114 Å². The molecule has 0 aliphatic rings. The van der Waals surface area contributed by atoms with E-state index in [1.807, 2.05) is 6.92 Å². The van der Waals surface area contributed by atoms with Crippen molar-refractivity contribution >= 4 is 47.8 Å². The molecular weight excluding hydrogens is 572 g/mol. The molecule has 2 nitrogen and oxygen atoms in total. The van der Waals surface area contributed by atoms with Gasteiger partial charge in [-0.2, -0.15) is 10.2 Å². The molecular formula is C21H19AuN2PS2+. The van der Waals surface area contributed by atoms with Gasteiger partial charge in [0.2, 0.25) is 0 Å². The molecule has 0 amide bonds. The summed E-state index contributed by atoms with van der Waals surface area (Å²) in [5.41, 5.74) is 0. The molecule has 0 saturated carbocycles. The Balaban J connectivity index is 0.000000278. The van der Waals surface area contributed by atoms with Gasteiger partial charge in [0.15, 0.2) is 0 Å². The molecule has 6 heteroatoms. The van der Waals surface area contributed by atoms with Crippen LogP contribution in [0.2, 0.25) is 0 Å². The van der Waals surface area contributed by atoms with Gasteiger partial charge in [-0.15, -0.1) is 0 Å². The third kappa shape index (κ3) is 6.62. The Morgan fingerprint density at radius 2 is 1.04 bits per heavy atom. The van der Waals surface area contributed by atoms with Crippen LogP contribution in [0.3, 0.4) is 0 Å². The Hall–Kier alpha value is -1.39. The van der Waals surface area contributed by atoms with Gasteiger partial charge in [-0.25, -0.2) is 0 Å². The topological polar surface area (TPSA) is 25.8 Å². The Bertz CT molecular complexity index is 808. The zero-order valence-corrected chi connectivity index (χ0v) is 19.5. The van der Waals surface area contributed by atoms with Crippen molar-refractivity contribution in [3.8, 4) is 0 Å². The van der Waals surface area contributed by atoms with E-state index < -0.39 is 7.92 Å². The van der Waals surface area contributed by atoms with Crippen molar-refractivity contribution in [1.29, 1.82) is 0 Å². The van der Waals surface area contributed by atoms with Crippen LogP contribution >= 0.6 is 19.3 Å². The summed E-state index contributed by atoms with van der Waals surface area (Å²) < 4.78 is 0.623. The first kappa shape index (κ1) is 21.9. The van der Waals surface area contributed by atoms with Crippen molar-refractivity contribution in [2.24, 2.45) is 0 Å². The number of aromatic nitrogens is 2. The van der Waals surface area contributed by atoms with E-state index in [0.717, 1.165) is 5.01 Å². The quantitative estimate of drug-likeness (QED) is 0.205.